The van der Waals surface area contributed by atoms with E-state index >= 15 is 0 Å². The van der Waals surface area contributed by atoms with E-state index in [1.165, 1.54) is 29.1 Å². The van der Waals surface area contributed by atoms with Gasteiger partial charge in [0.15, 0.2) is 10.3 Å². The minimum Gasteiger partial charge on any atom is -0.325 e. The lowest BCUT2D eigenvalue weighted by Crippen LogP contribution is -2.15. The van der Waals surface area contributed by atoms with Gasteiger partial charge in [-0.3, -0.25) is 9.36 Å². The molecule has 1 amide bonds. The average Bonchev–Trinajstić information content (AvgIpc) is 3.20. The molecule has 34 heavy (non-hydrogen) atoms. The van der Waals surface area contributed by atoms with E-state index in [2.05, 4.69) is 44.5 Å². The first-order valence-electron chi connectivity index (χ1n) is 10.8. The Morgan fingerprint density at radius 1 is 0.912 bits per heavy atom. The first kappa shape index (κ1) is 24.0. The summed E-state index contributed by atoms with van der Waals surface area (Å²) >= 11 is 2.88. The van der Waals surface area contributed by atoms with Crippen LogP contribution in [0.25, 0.3) is 5.69 Å². The van der Waals surface area contributed by atoms with E-state index in [0.29, 0.717) is 16.1 Å². The number of para-hydroxylation sites is 1. The Labute approximate surface area is 207 Å². The summed E-state index contributed by atoms with van der Waals surface area (Å²) in [6.45, 7) is 7.95. The Morgan fingerprint density at radius 3 is 2.32 bits per heavy atom. The Balaban J connectivity index is 1.53. The monoisotopic (exact) mass is 490 g/mol. The number of carbonyl (C=O) groups is 1. The fraction of sp³-hybridized carbons (Fsp3) is 0.240. The van der Waals surface area contributed by atoms with Crippen LogP contribution in [0.4, 0.5) is 5.69 Å². The van der Waals surface area contributed by atoms with Crippen molar-refractivity contribution in [1.82, 2.24) is 24.7 Å². The highest BCUT2D eigenvalue weighted by atomic mass is 32.2. The van der Waals surface area contributed by atoms with Crippen LogP contribution in [0, 0.1) is 27.7 Å². The van der Waals surface area contributed by atoms with E-state index in [1.807, 2.05) is 67.8 Å². The molecule has 0 unspecified atom stereocenters. The third-order valence-corrected chi connectivity index (χ3v) is 6.81. The third-order valence-electron chi connectivity index (χ3n) is 5.04. The Morgan fingerprint density at radius 2 is 1.62 bits per heavy atom. The summed E-state index contributed by atoms with van der Waals surface area (Å²) in [7, 11) is 0. The van der Waals surface area contributed by atoms with Gasteiger partial charge in [0.25, 0.3) is 0 Å². The molecule has 0 aliphatic carbocycles. The standard InChI is InChI=1S/C25H26N6OS2/c1-16-9-11-20(12-10-16)31-22(14-33-24-26-18(3)13-19(4)27-24)29-30-25(31)34-15-23(32)28-21-8-6-5-7-17(21)2/h5-13H,14-15H2,1-4H3,(H,28,32). The van der Waals surface area contributed by atoms with Gasteiger partial charge in [-0.25, -0.2) is 9.97 Å². The molecule has 2 aromatic carbocycles. The molecule has 0 bridgehead atoms. The Bertz CT molecular complexity index is 1280. The first-order valence-corrected chi connectivity index (χ1v) is 12.8. The number of nitrogens with zero attached hydrogens (tertiary/aromatic N) is 5. The van der Waals surface area contributed by atoms with Crippen LogP contribution in [-0.2, 0) is 10.5 Å². The van der Waals surface area contributed by atoms with Gasteiger partial charge in [0.1, 0.15) is 5.82 Å². The molecule has 2 aromatic heterocycles. The van der Waals surface area contributed by atoms with Gasteiger partial charge in [-0.15, -0.1) is 10.2 Å². The molecule has 1 N–H and O–H groups in total. The van der Waals surface area contributed by atoms with Crippen molar-refractivity contribution in [2.24, 2.45) is 0 Å². The predicted octanol–water partition coefficient (Wildman–Crippen LogP) is 5.31. The second-order valence-electron chi connectivity index (χ2n) is 7.94. The Hall–Kier alpha value is -3.17. The number of carbonyl (C=O) groups excluding carboxylic acids is 1. The molecule has 4 rings (SSSR count). The number of hydrogen-bond donors (Lipinski definition) is 1. The maximum absolute atomic E-state index is 12.6. The molecule has 0 radical (unpaired) electrons. The molecule has 7 nitrogen and oxygen atoms in total. The summed E-state index contributed by atoms with van der Waals surface area (Å²) in [4.78, 5) is 21.6. The zero-order chi connectivity index (χ0) is 24.1. The largest absolute Gasteiger partial charge is 0.325 e. The topological polar surface area (TPSA) is 85.6 Å². The van der Waals surface area contributed by atoms with Gasteiger partial charge in [-0.1, -0.05) is 59.4 Å². The zero-order valence-electron chi connectivity index (χ0n) is 19.6. The number of aryl methyl sites for hydroxylation is 4. The van der Waals surface area contributed by atoms with Gasteiger partial charge >= 0.3 is 0 Å². The van der Waals surface area contributed by atoms with E-state index in [0.717, 1.165) is 34.2 Å². The summed E-state index contributed by atoms with van der Waals surface area (Å²) < 4.78 is 2.00. The maximum Gasteiger partial charge on any atom is 0.234 e. The summed E-state index contributed by atoms with van der Waals surface area (Å²) in [5, 5.41) is 13.2. The van der Waals surface area contributed by atoms with Crippen LogP contribution >= 0.6 is 23.5 Å². The van der Waals surface area contributed by atoms with Crippen molar-refractivity contribution in [2.45, 2.75) is 43.8 Å². The van der Waals surface area contributed by atoms with Crippen molar-refractivity contribution >= 4 is 35.1 Å². The second kappa shape index (κ2) is 10.8. The summed E-state index contributed by atoms with van der Waals surface area (Å²) in [6, 6.07) is 17.9. The van der Waals surface area contributed by atoms with E-state index < -0.39 is 0 Å². The number of thioether (sulfide) groups is 2. The molecule has 0 saturated heterocycles. The minimum absolute atomic E-state index is 0.0858. The number of nitrogens with one attached hydrogen (secondary N) is 1. The average molecular weight is 491 g/mol. The molecule has 0 spiro atoms. The first-order chi connectivity index (χ1) is 16.4. The molecule has 0 aliphatic heterocycles. The second-order valence-corrected chi connectivity index (χ2v) is 9.83. The van der Waals surface area contributed by atoms with E-state index in [9.17, 15) is 4.79 Å². The van der Waals surface area contributed by atoms with Gasteiger partial charge in [0, 0.05) is 22.8 Å². The molecule has 0 atom stereocenters. The number of amides is 1. The number of anilines is 1. The summed E-state index contributed by atoms with van der Waals surface area (Å²) in [5.74, 6) is 1.47. The molecule has 0 saturated carbocycles. The van der Waals surface area contributed by atoms with Gasteiger partial charge < -0.3 is 5.32 Å². The van der Waals surface area contributed by atoms with Gasteiger partial charge in [-0.2, -0.15) is 0 Å². The molecular formula is C25H26N6OS2. The van der Waals surface area contributed by atoms with Gasteiger partial charge in [0.05, 0.1) is 11.5 Å². The lowest BCUT2D eigenvalue weighted by atomic mass is 10.2. The predicted molar refractivity (Wildman–Crippen MR) is 138 cm³/mol. The van der Waals surface area contributed by atoms with E-state index in [4.69, 9.17) is 0 Å². The molecule has 0 aliphatic rings. The molecule has 4 aromatic rings. The zero-order valence-corrected chi connectivity index (χ0v) is 21.2. The number of hydrogen-bond acceptors (Lipinski definition) is 7. The maximum atomic E-state index is 12.6. The van der Waals surface area contributed by atoms with Gasteiger partial charge in [0.2, 0.25) is 5.91 Å². The lowest BCUT2D eigenvalue weighted by molar-refractivity contribution is -0.113. The van der Waals surface area contributed by atoms with Crippen LogP contribution in [-0.4, -0.2) is 36.4 Å². The minimum atomic E-state index is -0.0858. The normalized spacial score (nSPS) is 10.9. The van der Waals surface area contributed by atoms with E-state index in [-0.39, 0.29) is 11.7 Å². The van der Waals surface area contributed by atoms with Crippen molar-refractivity contribution in [1.29, 1.82) is 0 Å². The molecule has 174 valence electrons. The molecular weight excluding hydrogens is 464 g/mol. The number of aromatic nitrogens is 5. The van der Waals surface area contributed by atoms with Crippen LogP contribution in [0.15, 0.2) is 64.9 Å². The van der Waals surface area contributed by atoms with Crippen LogP contribution < -0.4 is 5.32 Å². The van der Waals surface area contributed by atoms with Crippen molar-refractivity contribution in [3.63, 3.8) is 0 Å². The fourth-order valence-corrected chi connectivity index (χ4v) is 4.99. The third kappa shape index (κ3) is 6.03. The molecule has 2 heterocycles. The highest BCUT2D eigenvalue weighted by molar-refractivity contribution is 7.99. The van der Waals surface area contributed by atoms with Crippen molar-refractivity contribution in [3.05, 3.63) is 82.9 Å². The fourth-order valence-electron chi connectivity index (χ4n) is 3.36. The van der Waals surface area contributed by atoms with Crippen LogP contribution in [0.1, 0.15) is 28.3 Å². The van der Waals surface area contributed by atoms with Crippen LogP contribution in [0.3, 0.4) is 0 Å². The van der Waals surface area contributed by atoms with Crippen molar-refractivity contribution < 1.29 is 4.79 Å². The molecule has 0 fully saturated rings. The Kier molecular flexibility index (Phi) is 7.64. The number of benzene rings is 2. The number of rotatable bonds is 8. The van der Waals surface area contributed by atoms with Crippen molar-refractivity contribution in [3.8, 4) is 5.69 Å². The van der Waals surface area contributed by atoms with E-state index in [1.54, 1.807) is 0 Å². The highest BCUT2D eigenvalue weighted by Gasteiger charge is 2.17. The highest BCUT2D eigenvalue weighted by Crippen LogP contribution is 2.27. The smallest absolute Gasteiger partial charge is 0.234 e. The van der Waals surface area contributed by atoms with Gasteiger partial charge in [-0.05, 0) is 57.5 Å². The quantitative estimate of drug-likeness (QED) is 0.264. The summed E-state index contributed by atoms with van der Waals surface area (Å²) in [5.41, 5.74) is 5.84. The van der Waals surface area contributed by atoms with Crippen molar-refractivity contribution in [2.75, 3.05) is 11.1 Å². The SMILES string of the molecule is Cc1ccc(-n2c(CSc3nc(C)cc(C)n3)nnc2SCC(=O)Nc2ccccc2C)cc1. The van der Waals surface area contributed by atoms with Crippen LogP contribution in [0.5, 0.6) is 0 Å². The van der Waals surface area contributed by atoms with Crippen LogP contribution in [0.2, 0.25) is 0 Å². The molecule has 9 heteroatoms. The summed E-state index contributed by atoms with van der Waals surface area (Å²) in [6.07, 6.45) is 0. The lowest BCUT2D eigenvalue weighted by Gasteiger charge is -2.11.